The second kappa shape index (κ2) is 5.70. The smallest absolute Gasteiger partial charge is 0.268 e. The topological polar surface area (TPSA) is 89.9 Å². The van der Waals surface area contributed by atoms with E-state index in [-0.39, 0.29) is 0 Å². The van der Waals surface area contributed by atoms with Crippen LogP contribution >= 0.6 is 0 Å². The van der Waals surface area contributed by atoms with Gasteiger partial charge in [-0.25, -0.2) is 0 Å². The van der Waals surface area contributed by atoms with Crippen LogP contribution in [0.15, 0.2) is 51.5 Å². The molecule has 0 bridgehead atoms. The highest BCUT2D eigenvalue weighted by Gasteiger charge is 2.30. The summed E-state index contributed by atoms with van der Waals surface area (Å²) < 4.78 is 11.1. The largest absolute Gasteiger partial charge is 0.467 e. The summed E-state index contributed by atoms with van der Waals surface area (Å²) in [5, 5.41) is 22.1. The number of aromatic nitrogens is 4. The third-order valence-electron chi connectivity index (χ3n) is 4.27. The SMILES string of the molecule is c1coc(CNc2nnc(-c3nnc(C4CC4)o3)c3ccccc23)c1. The summed E-state index contributed by atoms with van der Waals surface area (Å²) in [7, 11) is 0. The normalized spacial score (nSPS) is 14.1. The molecule has 7 nitrogen and oxygen atoms in total. The van der Waals surface area contributed by atoms with Crippen LogP contribution < -0.4 is 5.32 Å². The van der Waals surface area contributed by atoms with Gasteiger partial charge in [-0.2, -0.15) is 0 Å². The average molecular weight is 333 g/mol. The molecule has 0 saturated heterocycles. The first-order chi connectivity index (χ1) is 12.4. The van der Waals surface area contributed by atoms with E-state index in [1.165, 1.54) is 0 Å². The first-order valence-electron chi connectivity index (χ1n) is 8.24. The molecular formula is C18H15N5O2. The van der Waals surface area contributed by atoms with Gasteiger partial charge >= 0.3 is 0 Å². The first kappa shape index (κ1) is 14.2. The molecule has 1 aliphatic carbocycles. The molecule has 1 saturated carbocycles. The highest BCUT2D eigenvalue weighted by molar-refractivity contribution is 5.98. The molecule has 25 heavy (non-hydrogen) atoms. The van der Waals surface area contributed by atoms with Gasteiger partial charge in [-0.05, 0) is 25.0 Å². The Morgan fingerprint density at radius 2 is 1.84 bits per heavy atom. The van der Waals surface area contributed by atoms with E-state index in [1.807, 2.05) is 36.4 Å². The molecule has 3 aromatic heterocycles. The summed E-state index contributed by atoms with van der Waals surface area (Å²) >= 11 is 0. The Kier molecular flexibility index (Phi) is 3.22. The maximum absolute atomic E-state index is 5.80. The molecule has 0 atom stereocenters. The van der Waals surface area contributed by atoms with Gasteiger partial charge in [0.1, 0.15) is 5.76 Å². The lowest BCUT2D eigenvalue weighted by Gasteiger charge is -2.08. The lowest BCUT2D eigenvalue weighted by atomic mass is 10.1. The Balaban J connectivity index is 1.53. The van der Waals surface area contributed by atoms with Crippen molar-refractivity contribution in [2.75, 3.05) is 5.32 Å². The molecule has 1 fully saturated rings. The summed E-state index contributed by atoms with van der Waals surface area (Å²) in [5.74, 6) is 3.05. The third-order valence-corrected chi connectivity index (χ3v) is 4.27. The van der Waals surface area contributed by atoms with Gasteiger partial charge in [0, 0.05) is 16.7 Å². The van der Waals surface area contributed by atoms with Gasteiger partial charge in [0.2, 0.25) is 5.89 Å². The Morgan fingerprint density at radius 3 is 2.64 bits per heavy atom. The monoisotopic (exact) mass is 333 g/mol. The van der Waals surface area contributed by atoms with E-state index in [4.69, 9.17) is 8.83 Å². The highest BCUT2D eigenvalue weighted by atomic mass is 16.4. The van der Waals surface area contributed by atoms with Gasteiger partial charge in [-0.1, -0.05) is 24.3 Å². The maximum Gasteiger partial charge on any atom is 0.268 e. The van der Waals surface area contributed by atoms with Crippen LogP contribution in [0.5, 0.6) is 0 Å². The minimum Gasteiger partial charge on any atom is -0.467 e. The van der Waals surface area contributed by atoms with Crippen molar-refractivity contribution < 1.29 is 8.83 Å². The third kappa shape index (κ3) is 2.63. The maximum atomic E-state index is 5.80. The zero-order valence-corrected chi connectivity index (χ0v) is 13.3. The molecule has 4 aromatic rings. The van der Waals surface area contributed by atoms with Crippen molar-refractivity contribution in [3.05, 3.63) is 54.3 Å². The van der Waals surface area contributed by atoms with Gasteiger partial charge in [0.25, 0.3) is 5.89 Å². The predicted molar refractivity (Wildman–Crippen MR) is 90.8 cm³/mol. The van der Waals surface area contributed by atoms with E-state index in [0.717, 1.165) is 29.4 Å². The van der Waals surface area contributed by atoms with Crippen molar-refractivity contribution in [2.45, 2.75) is 25.3 Å². The summed E-state index contributed by atoms with van der Waals surface area (Å²) in [6, 6.07) is 11.7. The van der Waals surface area contributed by atoms with E-state index in [0.29, 0.717) is 35.8 Å². The molecule has 0 aliphatic heterocycles. The van der Waals surface area contributed by atoms with Crippen LogP contribution in [0.1, 0.15) is 30.4 Å². The standard InChI is InChI=1S/C18H15N5O2/c1-2-6-14-13(5-1)15(18-23-22-17(25-18)11-7-8-11)20-21-16(14)19-10-12-4-3-9-24-12/h1-6,9,11H,7-8,10H2,(H,19,21). The van der Waals surface area contributed by atoms with Crippen molar-refractivity contribution >= 4 is 16.6 Å². The molecule has 1 aliphatic rings. The number of anilines is 1. The number of benzene rings is 1. The van der Waals surface area contributed by atoms with Gasteiger partial charge in [0.05, 0.1) is 12.8 Å². The van der Waals surface area contributed by atoms with Gasteiger partial charge in [0.15, 0.2) is 11.5 Å². The number of nitrogens with one attached hydrogen (secondary N) is 1. The number of hydrogen-bond acceptors (Lipinski definition) is 7. The van der Waals surface area contributed by atoms with E-state index < -0.39 is 0 Å². The number of nitrogens with zero attached hydrogens (tertiary/aromatic N) is 4. The molecule has 1 N–H and O–H groups in total. The van der Waals surface area contributed by atoms with Crippen molar-refractivity contribution in [1.82, 2.24) is 20.4 Å². The molecule has 3 heterocycles. The van der Waals surface area contributed by atoms with E-state index >= 15 is 0 Å². The van der Waals surface area contributed by atoms with Crippen LogP contribution in [-0.4, -0.2) is 20.4 Å². The van der Waals surface area contributed by atoms with Gasteiger partial charge < -0.3 is 14.2 Å². The average Bonchev–Trinajstić information content (AvgIpc) is 3.17. The molecule has 0 radical (unpaired) electrons. The number of hydrogen-bond donors (Lipinski definition) is 1. The Bertz CT molecular complexity index is 1020. The molecular weight excluding hydrogens is 318 g/mol. The van der Waals surface area contributed by atoms with Crippen molar-refractivity contribution in [3.63, 3.8) is 0 Å². The lowest BCUT2D eigenvalue weighted by Crippen LogP contribution is -2.03. The second-order valence-electron chi connectivity index (χ2n) is 6.10. The molecule has 5 rings (SSSR count). The fourth-order valence-electron chi connectivity index (χ4n) is 2.80. The molecule has 7 heteroatoms. The Labute approximate surface area is 143 Å². The Hall–Kier alpha value is -3.22. The fraction of sp³-hybridized carbons (Fsp3) is 0.222. The number of furan rings is 1. The van der Waals surface area contributed by atoms with Gasteiger partial charge in [-0.15, -0.1) is 20.4 Å². The van der Waals surface area contributed by atoms with Crippen molar-refractivity contribution in [1.29, 1.82) is 0 Å². The quantitative estimate of drug-likeness (QED) is 0.594. The Morgan fingerprint density at radius 1 is 0.960 bits per heavy atom. The lowest BCUT2D eigenvalue weighted by molar-refractivity contribution is 0.506. The van der Waals surface area contributed by atoms with E-state index in [2.05, 4.69) is 25.7 Å². The summed E-state index contributed by atoms with van der Waals surface area (Å²) in [6.45, 7) is 0.539. The van der Waals surface area contributed by atoms with Crippen LogP contribution in [0.2, 0.25) is 0 Å². The van der Waals surface area contributed by atoms with Crippen molar-refractivity contribution in [3.8, 4) is 11.6 Å². The zero-order valence-electron chi connectivity index (χ0n) is 13.3. The molecule has 0 unspecified atom stereocenters. The van der Waals surface area contributed by atoms with E-state index in [9.17, 15) is 0 Å². The predicted octanol–water partition coefficient (Wildman–Crippen LogP) is 3.76. The number of fused-ring (bicyclic) bond motifs is 1. The molecule has 1 aromatic carbocycles. The second-order valence-corrected chi connectivity index (χ2v) is 6.10. The van der Waals surface area contributed by atoms with Crippen LogP contribution in [0.4, 0.5) is 5.82 Å². The molecule has 0 amide bonds. The highest BCUT2D eigenvalue weighted by Crippen LogP contribution is 2.40. The number of rotatable bonds is 5. The van der Waals surface area contributed by atoms with Crippen LogP contribution in [0.25, 0.3) is 22.4 Å². The van der Waals surface area contributed by atoms with Gasteiger partial charge in [-0.3, -0.25) is 0 Å². The minimum absolute atomic E-state index is 0.412. The fourth-order valence-corrected chi connectivity index (χ4v) is 2.80. The van der Waals surface area contributed by atoms with E-state index in [1.54, 1.807) is 6.26 Å². The summed E-state index contributed by atoms with van der Waals surface area (Å²) in [5.41, 5.74) is 0.610. The van der Waals surface area contributed by atoms with Crippen LogP contribution in [-0.2, 0) is 6.54 Å². The van der Waals surface area contributed by atoms with Crippen LogP contribution in [0.3, 0.4) is 0 Å². The van der Waals surface area contributed by atoms with Crippen molar-refractivity contribution in [2.24, 2.45) is 0 Å². The zero-order chi connectivity index (χ0) is 16.6. The first-order valence-corrected chi connectivity index (χ1v) is 8.24. The summed E-state index contributed by atoms with van der Waals surface area (Å²) in [6.07, 6.45) is 3.88. The molecule has 0 spiro atoms. The summed E-state index contributed by atoms with van der Waals surface area (Å²) in [4.78, 5) is 0. The minimum atomic E-state index is 0.412. The van der Waals surface area contributed by atoms with Crippen LogP contribution in [0, 0.1) is 0 Å². The molecule has 124 valence electrons.